The highest BCUT2D eigenvalue weighted by atomic mass is 15.4. The maximum atomic E-state index is 3.96. The molecular weight excluding hydrogens is 250 g/mol. The number of hydrazine groups is 1. The Bertz CT molecular complexity index is 632. The first-order valence-electron chi connectivity index (χ1n) is 6.41. The Morgan fingerprint density at radius 3 is 2.45 bits per heavy atom. The van der Waals surface area contributed by atoms with Gasteiger partial charge in [0.15, 0.2) is 0 Å². The lowest BCUT2D eigenvalue weighted by molar-refractivity contribution is 0.790. The van der Waals surface area contributed by atoms with Crippen LogP contribution in [0.3, 0.4) is 0 Å². The molecule has 5 nitrogen and oxygen atoms in total. The van der Waals surface area contributed by atoms with E-state index in [1.165, 1.54) is 5.56 Å². The first-order valence-corrected chi connectivity index (χ1v) is 6.41. The highest BCUT2D eigenvalue weighted by molar-refractivity contribution is 5.41. The van der Waals surface area contributed by atoms with Gasteiger partial charge < -0.3 is 5.43 Å². The average molecular weight is 265 g/mol. The summed E-state index contributed by atoms with van der Waals surface area (Å²) in [7, 11) is 0. The van der Waals surface area contributed by atoms with Crippen LogP contribution in [0.25, 0.3) is 5.69 Å². The van der Waals surface area contributed by atoms with Gasteiger partial charge in [-0.3, -0.25) is 0 Å². The lowest BCUT2D eigenvalue weighted by atomic mass is 10.2. The fourth-order valence-corrected chi connectivity index (χ4v) is 1.88. The number of nitrogens with zero attached hydrogens (tertiary/aromatic N) is 3. The third kappa shape index (κ3) is 3.02. The lowest BCUT2D eigenvalue weighted by Crippen LogP contribution is -2.20. The molecular formula is C15H15N5. The zero-order valence-corrected chi connectivity index (χ0v) is 10.9. The highest BCUT2D eigenvalue weighted by Crippen LogP contribution is 2.08. The first kappa shape index (κ1) is 12.4. The number of benzene rings is 2. The van der Waals surface area contributed by atoms with Crippen LogP contribution < -0.4 is 10.9 Å². The summed E-state index contributed by atoms with van der Waals surface area (Å²) < 4.78 is 1.74. The lowest BCUT2D eigenvalue weighted by Gasteiger charge is -2.08. The second kappa shape index (κ2) is 5.99. The van der Waals surface area contributed by atoms with E-state index < -0.39 is 0 Å². The predicted molar refractivity (Wildman–Crippen MR) is 78.3 cm³/mol. The molecule has 100 valence electrons. The number of nitrogens with one attached hydrogen (secondary N) is 2. The third-order valence-electron chi connectivity index (χ3n) is 2.92. The van der Waals surface area contributed by atoms with Crippen molar-refractivity contribution in [3.8, 4) is 5.69 Å². The van der Waals surface area contributed by atoms with Crippen LogP contribution in [0.15, 0.2) is 67.0 Å². The van der Waals surface area contributed by atoms with Gasteiger partial charge >= 0.3 is 0 Å². The smallest absolute Gasteiger partial charge is 0.0697 e. The molecule has 0 saturated heterocycles. The standard InChI is InChI=1S/C15H15N5/c1-2-4-14(5-3-1)18-17-12-13-6-8-15(9-7-13)20-11-10-16-19-20/h1-11,17-18H,12H2. The minimum atomic E-state index is 0.743. The summed E-state index contributed by atoms with van der Waals surface area (Å²) >= 11 is 0. The van der Waals surface area contributed by atoms with Gasteiger partial charge in [0, 0.05) is 12.2 Å². The van der Waals surface area contributed by atoms with E-state index in [2.05, 4.69) is 33.3 Å². The molecule has 0 unspecified atom stereocenters. The average Bonchev–Trinajstić information content (AvgIpc) is 3.03. The van der Waals surface area contributed by atoms with Gasteiger partial charge in [-0.15, -0.1) is 5.10 Å². The maximum absolute atomic E-state index is 3.96. The Morgan fingerprint density at radius 1 is 0.950 bits per heavy atom. The predicted octanol–water partition coefficient (Wildman–Crippen LogP) is 2.38. The molecule has 0 bridgehead atoms. The summed E-state index contributed by atoms with van der Waals surface area (Å²) in [6, 6.07) is 18.2. The zero-order valence-electron chi connectivity index (χ0n) is 10.9. The van der Waals surface area contributed by atoms with Gasteiger partial charge in [-0.2, -0.15) is 0 Å². The fraction of sp³-hybridized carbons (Fsp3) is 0.0667. The molecule has 5 heteroatoms. The molecule has 0 amide bonds. The van der Waals surface area contributed by atoms with Crippen LogP contribution >= 0.6 is 0 Å². The monoisotopic (exact) mass is 265 g/mol. The normalized spacial score (nSPS) is 10.4. The molecule has 20 heavy (non-hydrogen) atoms. The summed E-state index contributed by atoms with van der Waals surface area (Å²) in [4.78, 5) is 0. The number of rotatable bonds is 5. The molecule has 0 aliphatic carbocycles. The number of aromatic nitrogens is 3. The van der Waals surface area contributed by atoms with Gasteiger partial charge in [-0.25, -0.2) is 10.1 Å². The summed E-state index contributed by atoms with van der Waals surface area (Å²) in [5, 5.41) is 7.75. The van der Waals surface area contributed by atoms with Gasteiger partial charge in [-0.1, -0.05) is 35.5 Å². The summed E-state index contributed by atoms with van der Waals surface area (Å²) in [6.45, 7) is 0.743. The van der Waals surface area contributed by atoms with Gasteiger partial charge in [0.1, 0.15) is 0 Å². The molecule has 2 N–H and O–H groups in total. The van der Waals surface area contributed by atoms with Crippen molar-refractivity contribution in [1.29, 1.82) is 0 Å². The van der Waals surface area contributed by atoms with Gasteiger partial charge in [0.25, 0.3) is 0 Å². The Balaban J connectivity index is 1.56. The minimum Gasteiger partial charge on any atom is -0.321 e. The van der Waals surface area contributed by atoms with Crippen molar-refractivity contribution >= 4 is 5.69 Å². The summed E-state index contributed by atoms with van der Waals surface area (Å²) in [5.41, 5.74) is 9.59. The largest absolute Gasteiger partial charge is 0.321 e. The van der Waals surface area contributed by atoms with E-state index >= 15 is 0 Å². The highest BCUT2D eigenvalue weighted by Gasteiger charge is 1.97. The number of para-hydroxylation sites is 1. The number of anilines is 1. The molecule has 0 saturated carbocycles. The van der Waals surface area contributed by atoms with Gasteiger partial charge in [0.2, 0.25) is 0 Å². The van der Waals surface area contributed by atoms with E-state index in [0.29, 0.717) is 0 Å². The topological polar surface area (TPSA) is 54.8 Å². The van der Waals surface area contributed by atoms with Crippen LogP contribution in [0.1, 0.15) is 5.56 Å². The Hall–Kier alpha value is -2.66. The molecule has 0 spiro atoms. The van der Waals surface area contributed by atoms with E-state index in [9.17, 15) is 0 Å². The van der Waals surface area contributed by atoms with Gasteiger partial charge in [0.05, 0.1) is 18.1 Å². The number of hydrogen-bond donors (Lipinski definition) is 2. The molecule has 1 aromatic heterocycles. The van der Waals surface area contributed by atoms with E-state index in [4.69, 9.17) is 0 Å². The SMILES string of the molecule is c1ccc(NNCc2ccc(-n3ccnn3)cc2)cc1. The van der Waals surface area contributed by atoms with Crippen LogP contribution in [0.2, 0.25) is 0 Å². The maximum Gasteiger partial charge on any atom is 0.0697 e. The Labute approximate surface area is 117 Å². The zero-order chi connectivity index (χ0) is 13.6. The van der Waals surface area contributed by atoms with E-state index in [0.717, 1.165) is 17.9 Å². The molecule has 2 aromatic carbocycles. The van der Waals surface area contributed by atoms with Crippen LogP contribution in [-0.4, -0.2) is 15.0 Å². The van der Waals surface area contributed by atoms with Crippen molar-refractivity contribution < 1.29 is 0 Å². The van der Waals surface area contributed by atoms with Crippen LogP contribution in [0.4, 0.5) is 5.69 Å². The molecule has 1 heterocycles. The van der Waals surface area contributed by atoms with E-state index in [1.807, 2.05) is 48.7 Å². The number of hydrogen-bond acceptors (Lipinski definition) is 4. The molecule has 0 aliphatic rings. The van der Waals surface area contributed by atoms with Crippen molar-refractivity contribution in [3.63, 3.8) is 0 Å². The summed E-state index contributed by atoms with van der Waals surface area (Å²) in [6.07, 6.45) is 3.49. The van der Waals surface area contributed by atoms with E-state index in [-0.39, 0.29) is 0 Å². The Kier molecular flexibility index (Phi) is 3.71. The minimum absolute atomic E-state index is 0.743. The third-order valence-corrected chi connectivity index (χ3v) is 2.92. The van der Waals surface area contributed by atoms with Crippen molar-refractivity contribution in [2.45, 2.75) is 6.54 Å². The molecule has 0 fully saturated rings. The quantitative estimate of drug-likeness (QED) is 0.695. The fourth-order valence-electron chi connectivity index (χ4n) is 1.88. The van der Waals surface area contributed by atoms with Crippen LogP contribution in [0.5, 0.6) is 0 Å². The van der Waals surface area contributed by atoms with Crippen LogP contribution in [0, 0.1) is 0 Å². The molecule has 3 rings (SSSR count). The second-order valence-corrected chi connectivity index (χ2v) is 4.36. The van der Waals surface area contributed by atoms with Crippen molar-refractivity contribution in [2.24, 2.45) is 0 Å². The molecule has 3 aromatic rings. The van der Waals surface area contributed by atoms with Gasteiger partial charge in [-0.05, 0) is 29.8 Å². The van der Waals surface area contributed by atoms with Crippen molar-refractivity contribution in [3.05, 3.63) is 72.6 Å². The summed E-state index contributed by atoms with van der Waals surface area (Å²) in [5.74, 6) is 0. The first-order chi connectivity index (χ1) is 9.92. The second-order valence-electron chi connectivity index (χ2n) is 4.36. The Morgan fingerprint density at radius 2 is 1.75 bits per heavy atom. The molecule has 0 aliphatic heterocycles. The van der Waals surface area contributed by atoms with Crippen molar-refractivity contribution in [2.75, 3.05) is 5.43 Å². The molecule has 0 atom stereocenters. The van der Waals surface area contributed by atoms with Crippen LogP contribution in [-0.2, 0) is 6.54 Å². The van der Waals surface area contributed by atoms with E-state index in [1.54, 1.807) is 10.9 Å². The van der Waals surface area contributed by atoms with Crippen molar-refractivity contribution in [1.82, 2.24) is 20.4 Å². The molecule has 0 radical (unpaired) electrons.